The fraction of sp³-hybridized carbons (Fsp3) is 0.562. The maximum absolute atomic E-state index is 4.71. The van der Waals surface area contributed by atoms with Gasteiger partial charge in [0, 0.05) is 18.7 Å². The zero-order chi connectivity index (χ0) is 12.5. The summed E-state index contributed by atoms with van der Waals surface area (Å²) in [6, 6.07) is 0. The molecule has 1 heteroatoms. The van der Waals surface area contributed by atoms with Crippen molar-refractivity contribution in [3.05, 3.63) is 35.5 Å². The zero-order valence-electron chi connectivity index (χ0n) is 11.5. The second kappa shape index (κ2) is 8.05. The molecule has 0 unspecified atom stereocenters. The lowest BCUT2D eigenvalue weighted by atomic mass is 10.0. The summed E-state index contributed by atoms with van der Waals surface area (Å²) < 4.78 is 0. The normalized spacial score (nSPS) is 16.5. The van der Waals surface area contributed by atoms with Gasteiger partial charge < -0.3 is 0 Å². The number of rotatable bonds is 6. The Morgan fingerprint density at radius 1 is 1.24 bits per heavy atom. The third-order valence-corrected chi connectivity index (χ3v) is 2.87. The van der Waals surface area contributed by atoms with Crippen molar-refractivity contribution in [2.75, 3.05) is 6.54 Å². The monoisotopic (exact) mass is 231 g/mol. The summed E-state index contributed by atoms with van der Waals surface area (Å²) in [5, 5.41) is 0. The molecule has 0 aromatic heterocycles. The topological polar surface area (TPSA) is 12.4 Å². The van der Waals surface area contributed by atoms with E-state index in [0.29, 0.717) is 0 Å². The lowest BCUT2D eigenvalue weighted by Crippen LogP contribution is -2.01. The number of aliphatic imine (C=N–C) groups is 1. The van der Waals surface area contributed by atoms with Crippen LogP contribution in [0.25, 0.3) is 0 Å². The van der Waals surface area contributed by atoms with E-state index in [4.69, 9.17) is 4.99 Å². The molecule has 1 rings (SSSR count). The van der Waals surface area contributed by atoms with E-state index in [1.54, 1.807) is 0 Å². The summed E-state index contributed by atoms with van der Waals surface area (Å²) in [5.74, 6) is 0. The van der Waals surface area contributed by atoms with Crippen molar-refractivity contribution in [1.29, 1.82) is 0 Å². The first-order valence-corrected chi connectivity index (χ1v) is 6.81. The lowest BCUT2D eigenvalue weighted by Gasteiger charge is -2.07. The van der Waals surface area contributed by atoms with Crippen LogP contribution < -0.4 is 0 Å². The van der Waals surface area contributed by atoms with Crippen LogP contribution >= 0.6 is 0 Å². The largest absolute Gasteiger partial charge is 0.294 e. The van der Waals surface area contributed by atoms with Crippen LogP contribution in [0.15, 0.2) is 40.4 Å². The van der Waals surface area contributed by atoms with Gasteiger partial charge in [-0.3, -0.25) is 4.99 Å². The molecule has 0 fully saturated rings. The molecule has 0 aromatic carbocycles. The van der Waals surface area contributed by atoms with Crippen LogP contribution in [0.4, 0.5) is 0 Å². The highest BCUT2D eigenvalue weighted by molar-refractivity contribution is 5.86. The summed E-state index contributed by atoms with van der Waals surface area (Å²) in [4.78, 5) is 4.71. The summed E-state index contributed by atoms with van der Waals surface area (Å²) >= 11 is 0. The Morgan fingerprint density at radius 2 is 2.06 bits per heavy atom. The number of hydrogen-bond acceptors (Lipinski definition) is 1. The Kier molecular flexibility index (Phi) is 6.61. The third kappa shape index (κ3) is 5.67. The van der Waals surface area contributed by atoms with Crippen LogP contribution in [-0.2, 0) is 0 Å². The molecule has 0 saturated carbocycles. The van der Waals surface area contributed by atoms with Gasteiger partial charge in [0.1, 0.15) is 0 Å². The Hall–Kier alpha value is -1.11. The maximum atomic E-state index is 4.71. The van der Waals surface area contributed by atoms with Gasteiger partial charge in [-0.1, -0.05) is 55.7 Å². The second-order valence-electron chi connectivity index (χ2n) is 4.72. The average Bonchev–Trinajstić information content (AvgIpc) is 2.52. The second-order valence-corrected chi connectivity index (χ2v) is 4.72. The fourth-order valence-electron chi connectivity index (χ4n) is 1.94. The minimum absolute atomic E-state index is 0.979. The van der Waals surface area contributed by atoms with E-state index in [1.165, 1.54) is 23.3 Å². The first kappa shape index (κ1) is 14.0. The summed E-state index contributed by atoms with van der Waals surface area (Å²) in [6.07, 6.45) is 14.6. The highest BCUT2D eigenvalue weighted by Gasteiger charge is 2.03. The number of allylic oxidation sites excluding steroid dienone is 6. The van der Waals surface area contributed by atoms with Crippen LogP contribution in [-0.4, -0.2) is 12.3 Å². The molecule has 94 valence electrons. The number of nitrogens with zero attached hydrogens (tertiary/aromatic N) is 1. The van der Waals surface area contributed by atoms with Gasteiger partial charge in [-0.25, -0.2) is 0 Å². The van der Waals surface area contributed by atoms with Gasteiger partial charge in [0.25, 0.3) is 0 Å². The average molecular weight is 231 g/mol. The number of hydrogen-bond donors (Lipinski definition) is 0. The van der Waals surface area contributed by atoms with Crippen molar-refractivity contribution in [3.8, 4) is 0 Å². The molecule has 0 aromatic rings. The zero-order valence-corrected chi connectivity index (χ0v) is 11.5. The van der Waals surface area contributed by atoms with E-state index in [9.17, 15) is 0 Å². The molecule has 0 radical (unpaired) electrons. The Balaban J connectivity index is 2.64. The molecule has 17 heavy (non-hydrogen) atoms. The van der Waals surface area contributed by atoms with Crippen molar-refractivity contribution < 1.29 is 0 Å². The van der Waals surface area contributed by atoms with Gasteiger partial charge >= 0.3 is 0 Å². The van der Waals surface area contributed by atoms with Crippen molar-refractivity contribution in [2.24, 2.45) is 4.99 Å². The first-order chi connectivity index (χ1) is 8.26. The molecule has 0 amide bonds. The van der Waals surface area contributed by atoms with Gasteiger partial charge in [-0.15, -0.1) is 0 Å². The standard InChI is InChI=1S/C16H25N/c1-4-7-16(17-12-5-2)13-15-9-6-8-14(3)10-11-15/h6,8,10-11H,4-5,7,9,12-13H2,1-3H3. The molecule has 0 aliphatic heterocycles. The van der Waals surface area contributed by atoms with Crippen molar-refractivity contribution in [3.63, 3.8) is 0 Å². The Bertz CT molecular complexity index is 343. The summed E-state index contributed by atoms with van der Waals surface area (Å²) in [7, 11) is 0. The summed E-state index contributed by atoms with van der Waals surface area (Å²) in [6.45, 7) is 7.54. The molecule has 0 N–H and O–H groups in total. The van der Waals surface area contributed by atoms with E-state index in [-0.39, 0.29) is 0 Å². The van der Waals surface area contributed by atoms with Gasteiger partial charge in [0.05, 0.1) is 0 Å². The van der Waals surface area contributed by atoms with Gasteiger partial charge in [-0.2, -0.15) is 0 Å². The SMILES string of the molecule is CCCN=C(CCC)CC1=CC=C(C)C=CC1. The van der Waals surface area contributed by atoms with Crippen molar-refractivity contribution >= 4 is 5.71 Å². The molecular formula is C16H25N. The molecular weight excluding hydrogens is 206 g/mol. The first-order valence-electron chi connectivity index (χ1n) is 6.81. The fourth-order valence-corrected chi connectivity index (χ4v) is 1.94. The summed E-state index contributed by atoms with van der Waals surface area (Å²) in [5.41, 5.74) is 4.20. The smallest absolute Gasteiger partial charge is 0.0386 e. The van der Waals surface area contributed by atoms with E-state index >= 15 is 0 Å². The van der Waals surface area contributed by atoms with E-state index < -0.39 is 0 Å². The molecule has 1 aliphatic carbocycles. The van der Waals surface area contributed by atoms with Gasteiger partial charge in [-0.05, 0) is 26.2 Å². The van der Waals surface area contributed by atoms with Crippen LogP contribution in [0, 0.1) is 0 Å². The molecule has 0 atom stereocenters. The highest BCUT2D eigenvalue weighted by atomic mass is 14.7. The van der Waals surface area contributed by atoms with Crippen LogP contribution in [0.1, 0.15) is 52.9 Å². The van der Waals surface area contributed by atoms with Gasteiger partial charge in [0.2, 0.25) is 0 Å². The van der Waals surface area contributed by atoms with E-state index in [0.717, 1.165) is 32.2 Å². The van der Waals surface area contributed by atoms with Crippen molar-refractivity contribution in [2.45, 2.75) is 52.9 Å². The minimum Gasteiger partial charge on any atom is -0.294 e. The van der Waals surface area contributed by atoms with E-state index in [2.05, 4.69) is 45.1 Å². The van der Waals surface area contributed by atoms with E-state index in [1.807, 2.05) is 0 Å². The molecule has 0 saturated heterocycles. The lowest BCUT2D eigenvalue weighted by molar-refractivity contribution is 0.894. The predicted molar refractivity (Wildman–Crippen MR) is 77.7 cm³/mol. The maximum Gasteiger partial charge on any atom is 0.0386 e. The van der Waals surface area contributed by atoms with Crippen LogP contribution in [0.3, 0.4) is 0 Å². The predicted octanol–water partition coefficient (Wildman–Crippen LogP) is 4.86. The molecule has 1 nitrogen and oxygen atoms in total. The Morgan fingerprint density at radius 3 is 2.76 bits per heavy atom. The van der Waals surface area contributed by atoms with Crippen LogP contribution in [0.2, 0.25) is 0 Å². The van der Waals surface area contributed by atoms with Gasteiger partial charge in [0.15, 0.2) is 0 Å². The minimum atomic E-state index is 0.979. The highest BCUT2D eigenvalue weighted by Crippen LogP contribution is 2.16. The van der Waals surface area contributed by atoms with Crippen LogP contribution in [0.5, 0.6) is 0 Å². The third-order valence-electron chi connectivity index (χ3n) is 2.87. The molecule has 0 bridgehead atoms. The Labute approximate surface area is 106 Å². The molecule has 0 spiro atoms. The molecule has 0 heterocycles. The molecule has 1 aliphatic rings. The quantitative estimate of drug-likeness (QED) is 0.579. The van der Waals surface area contributed by atoms with Crippen molar-refractivity contribution in [1.82, 2.24) is 0 Å².